The van der Waals surface area contributed by atoms with Crippen LogP contribution in [0.5, 0.6) is 11.5 Å². The highest BCUT2D eigenvalue weighted by Crippen LogP contribution is 2.35. The fourth-order valence-corrected chi connectivity index (χ4v) is 2.73. The smallest absolute Gasteiger partial charge is 0.231 e. The summed E-state index contributed by atoms with van der Waals surface area (Å²) in [5.74, 6) is 1.28. The van der Waals surface area contributed by atoms with Crippen molar-refractivity contribution in [3.8, 4) is 22.8 Å². The van der Waals surface area contributed by atoms with Crippen molar-refractivity contribution < 1.29 is 9.47 Å². The molecule has 0 amide bonds. The van der Waals surface area contributed by atoms with E-state index in [0.717, 1.165) is 22.5 Å². The highest BCUT2D eigenvalue weighted by molar-refractivity contribution is 5.85. The average Bonchev–Trinajstić information content (AvgIpc) is 3.00. The number of rotatable bonds is 2. The highest BCUT2D eigenvalue weighted by Gasteiger charge is 2.16. The first-order chi connectivity index (χ1) is 11.1. The molecule has 0 unspecified atom stereocenters. The Kier molecular flexibility index (Phi) is 3.01. The maximum Gasteiger partial charge on any atom is 0.231 e. The van der Waals surface area contributed by atoms with E-state index >= 15 is 0 Å². The Bertz CT molecular complexity index is 943. The summed E-state index contributed by atoms with van der Waals surface area (Å²) in [7, 11) is 3.99. The molecule has 1 aliphatic rings. The normalized spacial score (nSPS) is 12.6. The molecule has 2 aromatic carbocycles. The van der Waals surface area contributed by atoms with Crippen LogP contribution in [-0.4, -0.2) is 25.9 Å². The van der Waals surface area contributed by atoms with Crippen molar-refractivity contribution in [2.45, 2.75) is 0 Å². The van der Waals surface area contributed by atoms with Gasteiger partial charge in [-0.25, -0.2) is 0 Å². The number of nitrogens with one attached hydrogen (secondary N) is 1. The van der Waals surface area contributed by atoms with Crippen LogP contribution in [0.1, 0.15) is 0 Å². The second-order valence-corrected chi connectivity index (χ2v) is 5.74. The molecule has 0 radical (unpaired) electrons. The number of pyridine rings is 1. The van der Waals surface area contributed by atoms with E-state index in [1.807, 2.05) is 49.3 Å². The van der Waals surface area contributed by atoms with Crippen LogP contribution in [0.25, 0.3) is 22.2 Å². The number of fused-ring (bicyclic) bond motifs is 2. The Morgan fingerprint density at radius 3 is 2.39 bits per heavy atom. The predicted molar refractivity (Wildman–Crippen MR) is 90.5 cm³/mol. The zero-order valence-electron chi connectivity index (χ0n) is 12.9. The van der Waals surface area contributed by atoms with Crippen LogP contribution >= 0.6 is 0 Å². The molecule has 0 saturated heterocycles. The van der Waals surface area contributed by atoms with E-state index in [-0.39, 0.29) is 12.2 Å². The first-order valence-electron chi connectivity index (χ1n) is 7.36. The predicted octanol–water partition coefficient (Wildman–Crippen LogP) is 2.99. The minimum absolute atomic E-state index is 0.0382. The van der Waals surface area contributed by atoms with Gasteiger partial charge in [0.2, 0.25) is 6.79 Å². The molecule has 5 nitrogen and oxygen atoms in total. The van der Waals surface area contributed by atoms with Gasteiger partial charge in [0, 0.05) is 43.0 Å². The largest absolute Gasteiger partial charge is 0.454 e. The molecule has 1 aliphatic heterocycles. The molecule has 116 valence electrons. The van der Waals surface area contributed by atoms with Gasteiger partial charge >= 0.3 is 0 Å². The Balaban J connectivity index is 1.84. The second-order valence-electron chi connectivity index (χ2n) is 5.74. The maximum atomic E-state index is 12.4. The average molecular weight is 308 g/mol. The quantitative estimate of drug-likeness (QED) is 0.791. The van der Waals surface area contributed by atoms with Gasteiger partial charge in [0.05, 0.1) is 5.52 Å². The number of aromatic amines is 1. The van der Waals surface area contributed by atoms with Crippen molar-refractivity contribution >= 4 is 16.6 Å². The van der Waals surface area contributed by atoms with Gasteiger partial charge in [0.25, 0.3) is 0 Å². The van der Waals surface area contributed by atoms with Crippen molar-refractivity contribution in [3.05, 3.63) is 52.7 Å². The third-order valence-electron chi connectivity index (χ3n) is 4.02. The lowest BCUT2D eigenvalue weighted by Crippen LogP contribution is -2.08. The van der Waals surface area contributed by atoms with Crippen molar-refractivity contribution in [3.63, 3.8) is 0 Å². The highest BCUT2D eigenvalue weighted by atomic mass is 16.7. The van der Waals surface area contributed by atoms with E-state index in [0.29, 0.717) is 16.9 Å². The molecule has 3 aromatic rings. The van der Waals surface area contributed by atoms with Gasteiger partial charge in [-0.05, 0) is 23.8 Å². The van der Waals surface area contributed by atoms with E-state index in [2.05, 4.69) is 4.98 Å². The van der Waals surface area contributed by atoms with Crippen LogP contribution < -0.4 is 19.8 Å². The van der Waals surface area contributed by atoms with E-state index in [9.17, 15) is 4.79 Å². The number of hydrogen-bond acceptors (Lipinski definition) is 4. The summed E-state index contributed by atoms with van der Waals surface area (Å²) in [4.78, 5) is 17.8. The first-order valence-corrected chi connectivity index (χ1v) is 7.36. The summed E-state index contributed by atoms with van der Waals surface area (Å²) in [5.41, 5.74) is 3.57. The molecule has 1 aromatic heterocycles. The number of ether oxygens (including phenoxy) is 2. The molecule has 23 heavy (non-hydrogen) atoms. The van der Waals surface area contributed by atoms with Gasteiger partial charge in [0.15, 0.2) is 16.9 Å². The van der Waals surface area contributed by atoms with Gasteiger partial charge in [-0.3, -0.25) is 4.79 Å². The molecular formula is C18H16N2O3. The van der Waals surface area contributed by atoms with Crippen LogP contribution in [0.3, 0.4) is 0 Å². The lowest BCUT2D eigenvalue weighted by molar-refractivity contribution is 0.174. The Hall–Kier alpha value is -2.95. The SMILES string of the molecule is CN(C)c1ccc(-c2cc(=O)c3cc4c(cc3[nH]2)OCO4)cc1. The first kappa shape index (κ1) is 13.7. The van der Waals surface area contributed by atoms with Crippen LogP contribution in [0.2, 0.25) is 0 Å². The lowest BCUT2D eigenvalue weighted by Gasteiger charge is -2.13. The number of anilines is 1. The van der Waals surface area contributed by atoms with Gasteiger partial charge in [0.1, 0.15) is 0 Å². The zero-order chi connectivity index (χ0) is 16.0. The van der Waals surface area contributed by atoms with E-state index in [1.54, 1.807) is 12.1 Å². The minimum Gasteiger partial charge on any atom is -0.454 e. The van der Waals surface area contributed by atoms with Gasteiger partial charge in [-0.1, -0.05) is 12.1 Å². The summed E-state index contributed by atoms with van der Waals surface area (Å²) in [6.07, 6.45) is 0. The molecule has 1 N–H and O–H groups in total. The Labute approximate surface area is 133 Å². The molecule has 0 saturated carbocycles. The molecule has 0 atom stereocenters. The van der Waals surface area contributed by atoms with Crippen molar-refractivity contribution in [2.75, 3.05) is 25.8 Å². The Morgan fingerprint density at radius 2 is 1.70 bits per heavy atom. The number of nitrogens with zero attached hydrogens (tertiary/aromatic N) is 1. The number of aromatic nitrogens is 1. The lowest BCUT2D eigenvalue weighted by atomic mass is 10.1. The van der Waals surface area contributed by atoms with E-state index in [4.69, 9.17) is 9.47 Å². The maximum absolute atomic E-state index is 12.4. The fourth-order valence-electron chi connectivity index (χ4n) is 2.73. The number of benzene rings is 2. The summed E-state index contributed by atoms with van der Waals surface area (Å²) in [6, 6.07) is 13.2. The zero-order valence-corrected chi connectivity index (χ0v) is 12.9. The Morgan fingerprint density at radius 1 is 1.00 bits per heavy atom. The molecule has 2 heterocycles. The topological polar surface area (TPSA) is 54.6 Å². The summed E-state index contributed by atoms with van der Waals surface area (Å²) in [5, 5.41) is 0.600. The fraction of sp³-hybridized carbons (Fsp3) is 0.167. The van der Waals surface area contributed by atoms with Gasteiger partial charge in [-0.2, -0.15) is 0 Å². The third kappa shape index (κ3) is 2.30. The number of hydrogen-bond donors (Lipinski definition) is 1. The van der Waals surface area contributed by atoms with Crippen LogP contribution in [-0.2, 0) is 0 Å². The van der Waals surface area contributed by atoms with E-state index in [1.165, 1.54) is 0 Å². The van der Waals surface area contributed by atoms with Crippen LogP contribution in [0.15, 0.2) is 47.3 Å². The van der Waals surface area contributed by atoms with Gasteiger partial charge in [-0.15, -0.1) is 0 Å². The summed E-state index contributed by atoms with van der Waals surface area (Å²) in [6.45, 7) is 0.193. The summed E-state index contributed by atoms with van der Waals surface area (Å²) >= 11 is 0. The minimum atomic E-state index is -0.0382. The molecule has 0 aliphatic carbocycles. The second kappa shape index (κ2) is 5.05. The van der Waals surface area contributed by atoms with Crippen molar-refractivity contribution in [2.24, 2.45) is 0 Å². The molecule has 5 heteroatoms. The van der Waals surface area contributed by atoms with Crippen LogP contribution in [0.4, 0.5) is 5.69 Å². The molecule has 0 bridgehead atoms. The molecular weight excluding hydrogens is 292 g/mol. The van der Waals surface area contributed by atoms with Gasteiger partial charge < -0.3 is 19.4 Å². The number of H-pyrrole nitrogens is 1. The molecule has 4 rings (SSSR count). The van der Waals surface area contributed by atoms with Crippen molar-refractivity contribution in [1.82, 2.24) is 4.98 Å². The van der Waals surface area contributed by atoms with Crippen LogP contribution in [0, 0.1) is 0 Å². The third-order valence-corrected chi connectivity index (χ3v) is 4.02. The summed E-state index contributed by atoms with van der Waals surface area (Å²) < 4.78 is 10.7. The molecule has 0 fully saturated rings. The van der Waals surface area contributed by atoms with Crippen molar-refractivity contribution in [1.29, 1.82) is 0 Å². The monoisotopic (exact) mass is 308 g/mol. The molecule has 0 spiro atoms. The van der Waals surface area contributed by atoms with E-state index < -0.39 is 0 Å². The standard InChI is InChI=1S/C18H16N2O3/c1-20(2)12-5-3-11(4-6-12)14-8-16(21)13-7-17-18(23-10-22-17)9-15(13)19-14/h3-9H,10H2,1-2H3,(H,19,21).